The topological polar surface area (TPSA) is 85.9 Å². The van der Waals surface area contributed by atoms with Crippen LogP contribution in [0, 0.1) is 0 Å². The van der Waals surface area contributed by atoms with Crippen molar-refractivity contribution in [2.24, 2.45) is 0 Å². The molecule has 0 saturated carbocycles. The molecule has 7 heteroatoms. The van der Waals surface area contributed by atoms with Crippen LogP contribution >= 0.6 is 0 Å². The molecule has 0 aliphatic heterocycles. The summed E-state index contributed by atoms with van der Waals surface area (Å²) >= 11 is 0. The van der Waals surface area contributed by atoms with Gasteiger partial charge in [-0.25, -0.2) is 13.4 Å². The first-order valence-corrected chi connectivity index (χ1v) is 13.9. The average molecular weight is 473 g/mol. The molecule has 1 aromatic carbocycles. The third-order valence-corrected chi connectivity index (χ3v) is 6.93. The molecule has 0 amide bonds. The maximum atomic E-state index is 11.4. The van der Waals surface area contributed by atoms with Crippen molar-refractivity contribution in [2.75, 3.05) is 0 Å². The molecule has 5 nitrogen and oxygen atoms in total. The van der Waals surface area contributed by atoms with Crippen LogP contribution in [-0.2, 0) is 16.5 Å². The van der Waals surface area contributed by atoms with Crippen LogP contribution in [0.25, 0.3) is 11.0 Å². The molecule has 0 aliphatic carbocycles. The fourth-order valence-corrected chi connectivity index (χ4v) is 4.86. The monoisotopic (exact) mass is 472 g/mol. The minimum atomic E-state index is -4.50. The number of nitrogens with one attached hydrogen (secondary N) is 1. The number of hydrogen-bond donors (Lipinski definition) is 1. The van der Waals surface area contributed by atoms with E-state index in [9.17, 15) is 13.0 Å². The van der Waals surface area contributed by atoms with E-state index in [4.69, 9.17) is 0 Å². The first-order valence-electron chi connectivity index (χ1n) is 12.5. The molecular formula is C25H41N2NaO3S. The van der Waals surface area contributed by atoms with E-state index in [2.05, 4.69) is 16.9 Å². The Morgan fingerprint density at radius 1 is 0.781 bits per heavy atom. The number of aromatic amines is 1. The number of unbranched alkanes of at least 4 members (excludes halogenated alkanes) is 15. The zero-order valence-corrected chi connectivity index (χ0v) is 23.1. The Kier molecular flexibility index (Phi) is 15.8. The molecule has 1 aromatic heterocycles. The van der Waals surface area contributed by atoms with Crippen molar-refractivity contribution < 1.29 is 42.5 Å². The van der Waals surface area contributed by atoms with Gasteiger partial charge in [-0.05, 0) is 18.6 Å². The number of imidazole rings is 1. The molecule has 32 heavy (non-hydrogen) atoms. The minimum absolute atomic E-state index is 0. The standard InChI is InChI=1S/C25H42N2O3S.Na/c1-2-3-4-5-6-7-8-9-10-11-12-13-14-15-16-17-21-24-26-22-19-18-20-23(25(22)27-24)31(28,29)30;/h18-20H,2-17,21H2,1H3,(H,26,27)(H,28,29,30);/q;+1/p-1. The number of aryl methyl sites for hydroxylation is 1. The van der Waals surface area contributed by atoms with Gasteiger partial charge in [0.15, 0.2) is 0 Å². The Balaban J connectivity index is 0.00000512. The van der Waals surface area contributed by atoms with E-state index >= 15 is 0 Å². The van der Waals surface area contributed by atoms with Gasteiger partial charge in [-0.1, -0.05) is 109 Å². The summed E-state index contributed by atoms with van der Waals surface area (Å²) in [7, 11) is -4.50. The van der Waals surface area contributed by atoms with E-state index in [-0.39, 0.29) is 40.0 Å². The second kappa shape index (κ2) is 17.1. The summed E-state index contributed by atoms with van der Waals surface area (Å²) < 4.78 is 34.1. The second-order valence-corrected chi connectivity index (χ2v) is 10.2. The second-order valence-electron chi connectivity index (χ2n) is 8.84. The summed E-state index contributed by atoms with van der Waals surface area (Å²) in [5, 5.41) is 0. The van der Waals surface area contributed by atoms with Crippen molar-refractivity contribution in [3.05, 3.63) is 24.0 Å². The number of rotatable bonds is 18. The van der Waals surface area contributed by atoms with E-state index < -0.39 is 10.1 Å². The van der Waals surface area contributed by atoms with Crippen LogP contribution in [0.3, 0.4) is 0 Å². The smallest absolute Gasteiger partial charge is 0.744 e. The molecule has 0 saturated heterocycles. The van der Waals surface area contributed by atoms with Gasteiger partial charge >= 0.3 is 29.6 Å². The number of hydrogen-bond acceptors (Lipinski definition) is 4. The summed E-state index contributed by atoms with van der Waals surface area (Å²) in [6.07, 6.45) is 22.2. The van der Waals surface area contributed by atoms with Crippen molar-refractivity contribution in [3.63, 3.8) is 0 Å². The van der Waals surface area contributed by atoms with Crippen LogP contribution in [0.15, 0.2) is 23.1 Å². The van der Waals surface area contributed by atoms with E-state index in [0.717, 1.165) is 25.1 Å². The van der Waals surface area contributed by atoms with Crippen LogP contribution in [0.2, 0.25) is 0 Å². The summed E-state index contributed by atoms with van der Waals surface area (Å²) in [4.78, 5) is 7.26. The quantitative estimate of drug-likeness (QED) is 0.199. The molecule has 0 unspecified atom stereocenters. The molecule has 0 fully saturated rings. The van der Waals surface area contributed by atoms with Crippen LogP contribution in [0.1, 0.15) is 115 Å². The van der Waals surface area contributed by atoms with E-state index in [1.54, 1.807) is 12.1 Å². The normalized spacial score (nSPS) is 11.7. The Hall–Kier alpha value is -0.400. The average Bonchev–Trinajstić information content (AvgIpc) is 3.15. The Bertz CT molecular complexity index is 852. The van der Waals surface area contributed by atoms with E-state index in [0.29, 0.717) is 5.52 Å². The molecule has 2 aromatic rings. The molecular weight excluding hydrogens is 431 g/mol. The first kappa shape index (κ1) is 29.6. The molecule has 1 heterocycles. The van der Waals surface area contributed by atoms with Crippen molar-refractivity contribution in [3.8, 4) is 0 Å². The molecule has 0 atom stereocenters. The van der Waals surface area contributed by atoms with Gasteiger partial charge < -0.3 is 9.54 Å². The van der Waals surface area contributed by atoms with Gasteiger partial charge in [0.1, 0.15) is 21.5 Å². The van der Waals surface area contributed by atoms with Crippen molar-refractivity contribution >= 4 is 21.2 Å². The van der Waals surface area contributed by atoms with Crippen LogP contribution in [0.5, 0.6) is 0 Å². The van der Waals surface area contributed by atoms with Crippen molar-refractivity contribution in [2.45, 2.75) is 121 Å². The van der Waals surface area contributed by atoms with Crippen molar-refractivity contribution in [1.29, 1.82) is 0 Å². The fourth-order valence-electron chi connectivity index (χ4n) is 4.22. The fraction of sp³-hybridized carbons (Fsp3) is 0.720. The number of benzene rings is 1. The zero-order chi connectivity index (χ0) is 22.4. The number of nitrogens with zero attached hydrogens (tertiary/aromatic N) is 1. The van der Waals surface area contributed by atoms with E-state index in [1.807, 2.05) is 0 Å². The number of fused-ring (bicyclic) bond motifs is 1. The Labute approximate surface area is 217 Å². The first-order chi connectivity index (χ1) is 15.0. The van der Waals surface area contributed by atoms with Gasteiger partial charge in [-0.3, -0.25) is 0 Å². The molecule has 2 rings (SSSR count). The summed E-state index contributed by atoms with van der Waals surface area (Å²) in [6.45, 7) is 2.27. The van der Waals surface area contributed by atoms with Crippen LogP contribution in [0.4, 0.5) is 0 Å². The van der Waals surface area contributed by atoms with Gasteiger partial charge in [0.2, 0.25) is 0 Å². The largest absolute Gasteiger partial charge is 1.00 e. The molecule has 0 bridgehead atoms. The predicted molar refractivity (Wildman–Crippen MR) is 127 cm³/mol. The SMILES string of the molecule is CCCCCCCCCCCCCCCCCCc1nc2c(S(=O)(=O)[O-])cccc2[nH]1.[Na+]. The molecule has 176 valence electrons. The predicted octanol–water partition coefficient (Wildman–Crippen LogP) is 4.28. The van der Waals surface area contributed by atoms with Crippen LogP contribution in [-0.4, -0.2) is 22.9 Å². The van der Waals surface area contributed by atoms with Crippen LogP contribution < -0.4 is 29.6 Å². The minimum Gasteiger partial charge on any atom is -0.744 e. The molecule has 0 spiro atoms. The number of aromatic nitrogens is 2. The summed E-state index contributed by atoms with van der Waals surface area (Å²) in [5.74, 6) is 0.761. The zero-order valence-electron chi connectivity index (χ0n) is 20.3. The maximum absolute atomic E-state index is 11.4. The third kappa shape index (κ3) is 11.6. The summed E-state index contributed by atoms with van der Waals surface area (Å²) in [5.41, 5.74) is 0.882. The van der Waals surface area contributed by atoms with Crippen molar-refractivity contribution in [1.82, 2.24) is 9.97 Å². The molecule has 0 aliphatic rings. The van der Waals surface area contributed by atoms with Gasteiger partial charge in [-0.15, -0.1) is 0 Å². The summed E-state index contributed by atoms with van der Waals surface area (Å²) in [6, 6.07) is 4.65. The number of para-hydroxylation sites is 1. The number of H-pyrrole nitrogens is 1. The van der Waals surface area contributed by atoms with Gasteiger partial charge in [0.05, 0.1) is 10.4 Å². The molecule has 0 radical (unpaired) electrons. The van der Waals surface area contributed by atoms with E-state index in [1.165, 1.54) is 96.0 Å². The molecule has 1 N–H and O–H groups in total. The maximum Gasteiger partial charge on any atom is 1.00 e. The van der Waals surface area contributed by atoms with Gasteiger partial charge in [-0.2, -0.15) is 0 Å². The Morgan fingerprint density at radius 2 is 1.25 bits per heavy atom. The van der Waals surface area contributed by atoms with Gasteiger partial charge in [0.25, 0.3) is 0 Å². The third-order valence-electron chi connectivity index (χ3n) is 6.06. The van der Waals surface area contributed by atoms with Gasteiger partial charge in [0, 0.05) is 6.42 Å². The Morgan fingerprint density at radius 3 is 1.72 bits per heavy atom.